The standard InChI is InChI=1S/C9H8N2O/c1-7(12)11-9-4-2-8(6-10)3-5-9/h2-5H,1H3,(H,11,12). The van der Waals surface area contributed by atoms with Crippen LogP contribution in [0.4, 0.5) is 5.69 Å². The van der Waals surface area contributed by atoms with E-state index in [2.05, 4.69) is 5.32 Å². The molecule has 0 saturated carbocycles. The quantitative estimate of drug-likeness (QED) is 0.677. The van der Waals surface area contributed by atoms with E-state index in [9.17, 15) is 4.79 Å². The number of nitriles is 1. The van der Waals surface area contributed by atoms with E-state index in [0.717, 1.165) is 0 Å². The second-order valence-corrected chi connectivity index (χ2v) is 2.37. The van der Waals surface area contributed by atoms with E-state index in [0.29, 0.717) is 11.3 Å². The highest BCUT2D eigenvalue weighted by atomic mass is 16.1. The highest BCUT2D eigenvalue weighted by molar-refractivity contribution is 5.88. The van der Waals surface area contributed by atoms with Gasteiger partial charge in [0, 0.05) is 12.6 Å². The first-order valence-electron chi connectivity index (χ1n) is 3.50. The lowest BCUT2D eigenvalue weighted by molar-refractivity contribution is -0.114. The Labute approximate surface area is 70.6 Å². The van der Waals surface area contributed by atoms with Gasteiger partial charge in [-0.25, -0.2) is 0 Å². The van der Waals surface area contributed by atoms with Gasteiger partial charge in [-0.15, -0.1) is 0 Å². The Bertz CT molecular complexity index is 321. The average Bonchev–Trinajstić information content (AvgIpc) is 2.05. The Balaban J connectivity index is 2.80. The number of nitrogens with one attached hydrogen (secondary N) is 1. The molecule has 0 spiro atoms. The third kappa shape index (κ3) is 2.10. The van der Waals surface area contributed by atoms with Crippen molar-refractivity contribution >= 4 is 11.6 Å². The van der Waals surface area contributed by atoms with Crippen molar-refractivity contribution in [3.8, 4) is 6.07 Å². The summed E-state index contributed by atoms with van der Waals surface area (Å²) >= 11 is 0. The number of hydrogen-bond acceptors (Lipinski definition) is 2. The highest BCUT2D eigenvalue weighted by Crippen LogP contribution is 2.07. The molecule has 3 heteroatoms. The van der Waals surface area contributed by atoms with Crippen LogP contribution in [0.2, 0.25) is 0 Å². The minimum absolute atomic E-state index is 0.111. The highest BCUT2D eigenvalue weighted by Gasteiger charge is 1.94. The first kappa shape index (κ1) is 8.28. The molecule has 1 rings (SSSR count). The largest absolute Gasteiger partial charge is 0.326 e. The molecule has 3 nitrogen and oxygen atoms in total. The molecule has 60 valence electrons. The van der Waals surface area contributed by atoms with Crippen LogP contribution in [0.25, 0.3) is 0 Å². The Hall–Kier alpha value is -1.82. The number of benzene rings is 1. The minimum Gasteiger partial charge on any atom is -0.326 e. The SMILES string of the molecule is CC(=O)Nc1ccc(C#N)cc1. The molecule has 0 aliphatic rings. The average molecular weight is 160 g/mol. The second-order valence-electron chi connectivity index (χ2n) is 2.37. The van der Waals surface area contributed by atoms with Gasteiger partial charge in [0.1, 0.15) is 0 Å². The summed E-state index contributed by atoms with van der Waals surface area (Å²) in [6.07, 6.45) is 0. The van der Waals surface area contributed by atoms with Crippen LogP contribution in [0.15, 0.2) is 24.3 Å². The van der Waals surface area contributed by atoms with E-state index < -0.39 is 0 Å². The van der Waals surface area contributed by atoms with Crippen LogP contribution in [-0.2, 0) is 4.79 Å². The Morgan fingerprint density at radius 3 is 2.42 bits per heavy atom. The monoisotopic (exact) mass is 160 g/mol. The molecule has 0 aliphatic heterocycles. The third-order valence-corrected chi connectivity index (χ3v) is 1.33. The number of amides is 1. The van der Waals surface area contributed by atoms with Crippen molar-refractivity contribution in [1.82, 2.24) is 0 Å². The zero-order valence-corrected chi connectivity index (χ0v) is 6.66. The van der Waals surface area contributed by atoms with Crippen LogP contribution in [0.3, 0.4) is 0 Å². The van der Waals surface area contributed by atoms with Gasteiger partial charge >= 0.3 is 0 Å². The molecule has 0 atom stereocenters. The zero-order valence-electron chi connectivity index (χ0n) is 6.66. The summed E-state index contributed by atoms with van der Waals surface area (Å²) in [5.41, 5.74) is 1.30. The Morgan fingerprint density at radius 2 is 2.00 bits per heavy atom. The van der Waals surface area contributed by atoms with Gasteiger partial charge in [-0.1, -0.05) is 0 Å². The van der Waals surface area contributed by atoms with Crippen molar-refractivity contribution in [1.29, 1.82) is 5.26 Å². The van der Waals surface area contributed by atoms with Gasteiger partial charge in [0.15, 0.2) is 0 Å². The van der Waals surface area contributed by atoms with Gasteiger partial charge in [0.05, 0.1) is 11.6 Å². The van der Waals surface area contributed by atoms with E-state index in [4.69, 9.17) is 5.26 Å². The molecule has 1 aromatic rings. The summed E-state index contributed by atoms with van der Waals surface area (Å²) in [5, 5.41) is 11.1. The van der Waals surface area contributed by atoms with E-state index >= 15 is 0 Å². The fraction of sp³-hybridized carbons (Fsp3) is 0.111. The Kier molecular flexibility index (Phi) is 2.44. The van der Waals surface area contributed by atoms with Gasteiger partial charge in [-0.3, -0.25) is 4.79 Å². The van der Waals surface area contributed by atoms with Crippen LogP contribution in [0.5, 0.6) is 0 Å². The zero-order chi connectivity index (χ0) is 8.97. The van der Waals surface area contributed by atoms with Crippen molar-refractivity contribution in [2.75, 3.05) is 5.32 Å². The van der Waals surface area contributed by atoms with Crippen molar-refractivity contribution in [3.63, 3.8) is 0 Å². The maximum Gasteiger partial charge on any atom is 0.221 e. The lowest BCUT2D eigenvalue weighted by atomic mass is 10.2. The number of anilines is 1. The molecule has 0 unspecified atom stereocenters. The van der Waals surface area contributed by atoms with Crippen LogP contribution >= 0.6 is 0 Å². The van der Waals surface area contributed by atoms with Crippen LogP contribution in [0, 0.1) is 11.3 Å². The molecular weight excluding hydrogens is 152 g/mol. The molecule has 1 amide bonds. The molecule has 0 heterocycles. The van der Waals surface area contributed by atoms with Crippen molar-refractivity contribution in [3.05, 3.63) is 29.8 Å². The van der Waals surface area contributed by atoms with Crippen LogP contribution in [0.1, 0.15) is 12.5 Å². The molecule has 0 aromatic heterocycles. The first-order valence-corrected chi connectivity index (χ1v) is 3.50. The lowest BCUT2D eigenvalue weighted by Gasteiger charge is -1.99. The maximum absolute atomic E-state index is 10.6. The molecule has 0 radical (unpaired) electrons. The van der Waals surface area contributed by atoms with Crippen molar-refractivity contribution in [2.45, 2.75) is 6.92 Å². The molecule has 1 N–H and O–H groups in total. The number of nitrogens with zero attached hydrogens (tertiary/aromatic N) is 1. The van der Waals surface area contributed by atoms with Gasteiger partial charge in [-0.05, 0) is 24.3 Å². The summed E-state index contributed by atoms with van der Waals surface area (Å²) < 4.78 is 0. The lowest BCUT2D eigenvalue weighted by Crippen LogP contribution is -2.05. The van der Waals surface area contributed by atoms with Crippen molar-refractivity contribution in [2.24, 2.45) is 0 Å². The van der Waals surface area contributed by atoms with Crippen LogP contribution in [-0.4, -0.2) is 5.91 Å². The summed E-state index contributed by atoms with van der Waals surface area (Å²) in [6, 6.07) is 8.70. The molecule has 0 saturated heterocycles. The predicted octanol–water partition coefficient (Wildman–Crippen LogP) is 1.52. The number of carbonyl (C=O) groups excluding carboxylic acids is 1. The number of hydrogen-bond donors (Lipinski definition) is 1. The summed E-state index contributed by atoms with van der Waals surface area (Å²) in [6.45, 7) is 1.44. The van der Waals surface area contributed by atoms with Crippen LogP contribution < -0.4 is 5.32 Å². The number of rotatable bonds is 1. The maximum atomic E-state index is 10.6. The van der Waals surface area contributed by atoms with E-state index in [-0.39, 0.29) is 5.91 Å². The van der Waals surface area contributed by atoms with Gasteiger partial charge < -0.3 is 5.32 Å². The van der Waals surface area contributed by atoms with Gasteiger partial charge in [-0.2, -0.15) is 5.26 Å². The fourth-order valence-corrected chi connectivity index (χ4v) is 0.831. The normalized spacial score (nSPS) is 8.67. The topological polar surface area (TPSA) is 52.9 Å². The molecule has 0 fully saturated rings. The van der Waals surface area contributed by atoms with Gasteiger partial charge in [0.25, 0.3) is 0 Å². The van der Waals surface area contributed by atoms with Gasteiger partial charge in [0.2, 0.25) is 5.91 Å². The van der Waals surface area contributed by atoms with E-state index in [1.165, 1.54) is 6.92 Å². The molecule has 1 aromatic carbocycles. The Morgan fingerprint density at radius 1 is 1.42 bits per heavy atom. The predicted molar refractivity (Wildman–Crippen MR) is 45.5 cm³/mol. The summed E-state index contributed by atoms with van der Waals surface area (Å²) in [4.78, 5) is 10.6. The smallest absolute Gasteiger partial charge is 0.221 e. The second kappa shape index (κ2) is 3.54. The number of carbonyl (C=O) groups is 1. The van der Waals surface area contributed by atoms with E-state index in [1.807, 2.05) is 6.07 Å². The molecule has 0 aliphatic carbocycles. The van der Waals surface area contributed by atoms with Crippen molar-refractivity contribution < 1.29 is 4.79 Å². The molecule has 0 bridgehead atoms. The molecule has 12 heavy (non-hydrogen) atoms. The summed E-state index contributed by atoms with van der Waals surface area (Å²) in [7, 11) is 0. The van der Waals surface area contributed by atoms with E-state index in [1.54, 1.807) is 24.3 Å². The summed E-state index contributed by atoms with van der Waals surface area (Å²) in [5.74, 6) is -0.111. The minimum atomic E-state index is -0.111. The first-order chi connectivity index (χ1) is 5.72. The fourth-order valence-electron chi connectivity index (χ4n) is 0.831. The molecular formula is C9H8N2O. The third-order valence-electron chi connectivity index (χ3n) is 1.33.